The fraction of sp³-hybridized carbons (Fsp3) is 0.800. The van der Waals surface area contributed by atoms with Gasteiger partial charge in [0.2, 0.25) is 0 Å². The molecule has 2 rings (SSSR count). The van der Waals surface area contributed by atoms with Crippen LogP contribution in [-0.4, -0.2) is 33.7 Å². The van der Waals surface area contributed by atoms with Crippen LogP contribution >= 0.6 is 11.8 Å². The zero-order valence-corrected chi connectivity index (χ0v) is 18.0. The van der Waals surface area contributed by atoms with Gasteiger partial charge in [-0.05, 0) is 57.4 Å². The van der Waals surface area contributed by atoms with Crippen molar-refractivity contribution < 1.29 is 18.1 Å². The second-order valence-electron chi connectivity index (χ2n) is 7.18. The Kier molecular flexibility index (Phi) is 9.75. The molecule has 0 aromatic carbocycles. The van der Waals surface area contributed by atoms with Crippen LogP contribution in [0.25, 0.3) is 0 Å². The Morgan fingerprint density at radius 2 is 2.15 bits per heavy atom. The summed E-state index contributed by atoms with van der Waals surface area (Å²) in [5.74, 6) is 0.899. The van der Waals surface area contributed by atoms with Crippen LogP contribution < -0.4 is 0 Å². The van der Waals surface area contributed by atoms with Crippen LogP contribution in [0.3, 0.4) is 0 Å². The van der Waals surface area contributed by atoms with Gasteiger partial charge in [-0.1, -0.05) is 25.7 Å². The number of hydrogen-bond donors (Lipinski definition) is 0. The van der Waals surface area contributed by atoms with E-state index < -0.39 is 10.8 Å². The summed E-state index contributed by atoms with van der Waals surface area (Å²) in [5.41, 5.74) is 0. The van der Waals surface area contributed by atoms with E-state index in [2.05, 4.69) is 13.2 Å². The second kappa shape index (κ2) is 11.5. The fourth-order valence-corrected chi connectivity index (χ4v) is 4.97. The van der Waals surface area contributed by atoms with Gasteiger partial charge in [-0.3, -0.25) is 4.21 Å². The second-order valence-corrected chi connectivity index (χ2v) is 10.6. The Bertz CT molecular complexity index is 514. The molecule has 6 heteroatoms. The van der Waals surface area contributed by atoms with E-state index in [0.717, 1.165) is 63.7 Å². The maximum Gasteiger partial charge on any atom is 0.158 e. The molecule has 4 unspecified atom stereocenters. The molecule has 0 saturated carbocycles. The molecule has 0 bridgehead atoms. The first-order valence-electron chi connectivity index (χ1n) is 9.74. The molecule has 0 spiro atoms. The summed E-state index contributed by atoms with van der Waals surface area (Å²) in [6, 6.07) is 3.91. The van der Waals surface area contributed by atoms with Crippen LogP contribution in [0.1, 0.15) is 76.6 Å². The lowest BCUT2D eigenvalue weighted by Crippen LogP contribution is -2.25. The first kappa shape index (κ1) is 22.0. The Hall–Kier alpha value is -0.300. The lowest BCUT2D eigenvalue weighted by atomic mass is 10.1. The number of thioether (sulfide) groups is 1. The van der Waals surface area contributed by atoms with Gasteiger partial charge in [0.15, 0.2) is 6.29 Å². The molecule has 1 aliphatic rings. The van der Waals surface area contributed by atoms with E-state index in [1.807, 2.05) is 18.4 Å². The molecule has 4 nitrogen and oxygen atoms in total. The van der Waals surface area contributed by atoms with Gasteiger partial charge < -0.3 is 13.9 Å². The number of rotatable bonds is 12. The van der Waals surface area contributed by atoms with E-state index in [0.29, 0.717) is 0 Å². The molecule has 2 heterocycles. The third kappa shape index (κ3) is 7.02. The standard InChI is InChI=1S/C20H34O4S2/c1-20(25-2,26(3)21)14-8-5-4-6-11-18(17-12-10-16-22-17)24-19-13-7-9-15-23-19/h10,12,16,18-19H,4-9,11,13-15H2,1-3H3. The summed E-state index contributed by atoms with van der Waals surface area (Å²) in [6.45, 7) is 2.90. The van der Waals surface area contributed by atoms with Crippen molar-refractivity contribution in [1.82, 2.24) is 0 Å². The number of furan rings is 1. The summed E-state index contributed by atoms with van der Waals surface area (Å²) in [6.07, 6.45) is 15.2. The van der Waals surface area contributed by atoms with Gasteiger partial charge in [0, 0.05) is 23.7 Å². The molecule has 1 aromatic rings. The molecule has 150 valence electrons. The fourth-order valence-electron chi connectivity index (χ4n) is 3.25. The quantitative estimate of drug-likeness (QED) is 0.422. The average molecular weight is 403 g/mol. The molecule has 0 radical (unpaired) electrons. The predicted octanol–water partition coefficient (Wildman–Crippen LogP) is 5.66. The molecular weight excluding hydrogens is 368 g/mol. The first-order valence-corrected chi connectivity index (χ1v) is 12.5. The molecule has 1 aromatic heterocycles. The minimum atomic E-state index is -0.792. The Morgan fingerprint density at radius 1 is 1.35 bits per heavy atom. The molecule has 0 N–H and O–H groups in total. The van der Waals surface area contributed by atoms with E-state index in [1.165, 1.54) is 6.42 Å². The molecule has 1 fully saturated rings. The summed E-state index contributed by atoms with van der Waals surface area (Å²) in [5, 5.41) is 0. The van der Waals surface area contributed by atoms with Crippen molar-refractivity contribution in [3.63, 3.8) is 0 Å². The Labute approximate surface area is 165 Å². The molecule has 0 amide bonds. The highest BCUT2D eigenvalue weighted by molar-refractivity contribution is 8.11. The molecule has 4 atom stereocenters. The average Bonchev–Trinajstić information content (AvgIpc) is 3.18. The minimum absolute atomic E-state index is 0.0206. The van der Waals surface area contributed by atoms with Crippen LogP contribution in [0, 0.1) is 0 Å². The van der Waals surface area contributed by atoms with Crippen LogP contribution in [-0.2, 0) is 20.3 Å². The summed E-state index contributed by atoms with van der Waals surface area (Å²) in [7, 11) is -0.792. The van der Waals surface area contributed by atoms with Gasteiger partial charge in [0.05, 0.1) is 10.3 Å². The van der Waals surface area contributed by atoms with Crippen LogP contribution in [0.4, 0.5) is 0 Å². The van der Waals surface area contributed by atoms with Crippen molar-refractivity contribution in [2.75, 3.05) is 19.1 Å². The van der Waals surface area contributed by atoms with E-state index in [-0.39, 0.29) is 16.5 Å². The minimum Gasteiger partial charge on any atom is -0.467 e. The highest BCUT2D eigenvalue weighted by Gasteiger charge is 2.27. The third-order valence-electron chi connectivity index (χ3n) is 5.20. The summed E-state index contributed by atoms with van der Waals surface area (Å²) < 4.78 is 29.3. The lowest BCUT2D eigenvalue weighted by molar-refractivity contribution is -0.194. The summed E-state index contributed by atoms with van der Waals surface area (Å²) in [4.78, 5) is 0. The van der Waals surface area contributed by atoms with Crippen molar-refractivity contribution in [2.24, 2.45) is 0 Å². The van der Waals surface area contributed by atoms with Crippen molar-refractivity contribution in [2.45, 2.75) is 81.2 Å². The number of hydrogen-bond acceptors (Lipinski definition) is 5. The van der Waals surface area contributed by atoms with Crippen molar-refractivity contribution in [3.8, 4) is 0 Å². The maximum atomic E-state index is 11.9. The van der Waals surface area contributed by atoms with Crippen LogP contribution in [0.15, 0.2) is 22.8 Å². The number of unbranched alkanes of at least 4 members (excludes halogenated alkanes) is 3. The molecule has 26 heavy (non-hydrogen) atoms. The van der Waals surface area contributed by atoms with Crippen LogP contribution in [0.5, 0.6) is 0 Å². The van der Waals surface area contributed by atoms with E-state index in [9.17, 15) is 4.21 Å². The van der Waals surface area contributed by atoms with Gasteiger partial charge in [-0.15, -0.1) is 11.8 Å². The lowest BCUT2D eigenvalue weighted by Gasteiger charge is -2.27. The van der Waals surface area contributed by atoms with Crippen molar-refractivity contribution in [3.05, 3.63) is 24.2 Å². The zero-order chi connectivity index (χ0) is 18.8. The van der Waals surface area contributed by atoms with E-state index >= 15 is 0 Å². The topological polar surface area (TPSA) is 48.7 Å². The van der Waals surface area contributed by atoms with Gasteiger partial charge in [0.1, 0.15) is 11.9 Å². The maximum absolute atomic E-state index is 11.9. The van der Waals surface area contributed by atoms with Gasteiger partial charge in [-0.2, -0.15) is 0 Å². The Balaban J connectivity index is 1.71. The first-order chi connectivity index (χ1) is 12.5. The highest BCUT2D eigenvalue weighted by atomic mass is 32.2. The van der Waals surface area contributed by atoms with Gasteiger partial charge >= 0.3 is 0 Å². The van der Waals surface area contributed by atoms with E-state index in [4.69, 9.17) is 13.9 Å². The summed E-state index contributed by atoms with van der Waals surface area (Å²) >= 11 is 1.72. The largest absolute Gasteiger partial charge is 0.467 e. The van der Waals surface area contributed by atoms with Crippen LogP contribution in [0.2, 0.25) is 0 Å². The molecule has 1 saturated heterocycles. The zero-order valence-electron chi connectivity index (χ0n) is 16.4. The van der Waals surface area contributed by atoms with Crippen molar-refractivity contribution in [1.29, 1.82) is 0 Å². The van der Waals surface area contributed by atoms with Gasteiger partial charge in [0.25, 0.3) is 0 Å². The molecule has 1 aliphatic heterocycles. The SMILES string of the molecule is CSC(C)(CCCCCCC(OC1CCCCO1)c1ccco1)S(C)=O. The molecule has 0 aliphatic carbocycles. The highest BCUT2D eigenvalue weighted by Crippen LogP contribution is 2.32. The smallest absolute Gasteiger partial charge is 0.158 e. The Morgan fingerprint density at radius 3 is 2.77 bits per heavy atom. The van der Waals surface area contributed by atoms with E-state index in [1.54, 1.807) is 18.0 Å². The number of ether oxygens (including phenoxy) is 2. The van der Waals surface area contributed by atoms with Crippen molar-refractivity contribution >= 4 is 22.6 Å². The monoisotopic (exact) mass is 402 g/mol. The normalized spacial score (nSPS) is 22.7. The molecular formula is C20H34O4S2. The van der Waals surface area contributed by atoms with Gasteiger partial charge in [-0.25, -0.2) is 0 Å². The third-order valence-corrected chi connectivity index (χ3v) is 8.89. The predicted molar refractivity (Wildman–Crippen MR) is 110 cm³/mol.